The van der Waals surface area contributed by atoms with Gasteiger partial charge < -0.3 is 86.3 Å². The van der Waals surface area contributed by atoms with E-state index >= 15 is 0 Å². The molecule has 8 fully saturated rings. The molecule has 119 heavy (non-hydrogen) atoms. The molecule has 4 saturated heterocycles. The summed E-state index contributed by atoms with van der Waals surface area (Å²) in [7, 11) is 6.54. The predicted molar refractivity (Wildman–Crippen MR) is 468 cm³/mol. The normalized spacial score (nSPS) is 21.0. The van der Waals surface area contributed by atoms with Gasteiger partial charge in [0.2, 0.25) is 5.24 Å². The number of likely N-dealkylation sites (tertiary alicyclic amines) is 3. The van der Waals surface area contributed by atoms with Gasteiger partial charge in [0.15, 0.2) is 0 Å². The Morgan fingerprint density at radius 1 is 0.555 bits per heavy atom. The molecule has 8 heterocycles. The first-order valence-corrected chi connectivity index (χ1v) is 43.4. The van der Waals surface area contributed by atoms with E-state index in [1.54, 1.807) is 52.5 Å². The molecule has 0 radical (unpaired) electrons. The van der Waals surface area contributed by atoms with Crippen LogP contribution in [0.15, 0.2) is 50.8 Å². The second-order valence-corrected chi connectivity index (χ2v) is 36.8. The van der Waals surface area contributed by atoms with Crippen molar-refractivity contribution in [1.29, 1.82) is 16.1 Å². The number of anilines is 3. The van der Waals surface area contributed by atoms with Crippen molar-refractivity contribution in [1.82, 2.24) is 59.1 Å². The van der Waals surface area contributed by atoms with Crippen LogP contribution in [-0.2, 0) is 38.0 Å². The van der Waals surface area contributed by atoms with Gasteiger partial charge >= 0.3 is 18.3 Å². The summed E-state index contributed by atoms with van der Waals surface area (Å²) in [5.41, 5.74) is 22.3. The molecule has 0 spiro atoms. The van der Waals surface area contributed by atoms with Gasteiger partial charge in [-0.1, -0.05) is 11.2 Å². The lowest BCUT2D eigenvalue weighted by atomic mass is 10.2. The van der Waals surface area contributed by atoms with E-state index < -0.39 is 33.9 Å². The summed E-state index contributed by atoms with van der Waals surface area (Å²) in [6, 6.07) is 4.23. The van der Waals surface area contributed by atoms with Crippen LogP contribution in [-0.4, -0.2) is 237 Å². The molecule has 12 rings (SSSR count). The van der Waals surface area contributed by atoms with E-state index in [-0.39, 0.29) is 73.0 Å². The van der Waals surface area contributed by atoms with E-state index in [1.165, 1.54) is 51.4 Å². The van der Waals surface area contributed by atoms with E-state index in [2.05, 4.69) is 167 Å². The van der Waals surface area contributed by atoms with E-state index in [4.69, 9.17) is 67.5 Å². The van der Waals surface area contributed by atoms with E-state index in [0.717, 1.165) is 57.0 Å². The van der Waals surface area contributed by atoms with Crippen LogP contribution >= 0.6 is 115 Å². The molecular formula is C74H114Br5Cl3N24O13. The Morgan fingerprint density at radius 2 is 0.882 bits per heavy atom. The van der Waals surface area contributed by atoms with Crippen LogP contribution < -0.4 is 38.5 Å². The number of nitrogens with two attached hydrogens (primary N) is 3. The number of carbonyl (C=O) groups is 6. The smallest absolute Gasteiger partial charge is 0.410 e. The second-order valence-electron chi connectivity index (χ2n) is 32.5. The Hall–Kier alpha value is -6.39. The third-order valence-electron chi connectivity index (χ3n) is 19.3. The minimum absolute atomic E-state index is 0. The van der Waals surface area contributed by atoms with Crippen LogP contribution in [0.25, 0.3) is 0 Å². The number of methoxy groups -OCH3 is 4. The number of hydrogen-bond acceptors (Lipinski definition) is 26. The molecule has 45 heteroatoms. The molecule has 4 aliphatic carbocycles. The van der Waals surface area contributed by atoms with Crippen molar-refractivity contribution in [3.63, 3.8) is 0 Å². The van der Waals surface area contributed by atoms with E-state index in [1.807, 2.05) is 71.7 Å². The van der Waals surface area contributed by atoms with E-state index in [9.17, 15) is 39.3 Å². The number of ether oxygens (including phenoxy) is 7. The SMILES string of the molecule is C=CC(=O)Cl.COC[C@H]1C[C@H](n2nc(Br)c(C#N)c2Br)CN1C(=O)OC(C)(C)C.COC[C@H]1C[C@H](n2nc(Br)c(C#N)c2NCC2CC2)CN1C(=O)OC(C)(C)C.COC[C@H]1C[C@H](n2nc(Br)c(C(N)=O)c2NCC2CC2)CN1.COC[C@H]1C[C@H](n2nc(Br)c(C(N)=O)c2NCC2CC2)CN1C(=O)OC(C)(C)C.Cl.N=NN=NCl.NCC1CC1. The van der Waals surface area contributed by atoms with Crippen LogP contribution in [0.4, 0.5) is 31.8 Å². The van der Waals surface area contributed by atoms with Gasteiger partial charge in [0, 0.05) is 80.3 Å². The Morgan fingerprint density at radius 3 is 1.17 bits per heavy atom. The molecule has 0 bridgehead atoms. The fraction of sp³-hybridized carbons (Fsp3) is 0.703. The molecule has 0 unspecified atom stereocenters. The molecule has 0 aromatic carbocycles. The number of rotatable bonds is 26. The molecule has 8 atom stereocenters. The zero-order valence-corrected chi connectivity index (χ0v) is 79.7. The van der Waals surface area contributed by atoms with Gasteiger partial charge in [0.1, 0.15) is 91.7 Å². The lowest BCUT2D eigenvalue weighted by Crippen LogP contribution is -2.41. The van der Waals surface area contributed by atoms with Crippen molar-refractivity contribution in [3.8, 4) is 12.1 Å². The van der Waals surface area contributed by atoms with Gasteiger partial charge in [-0.2, -0.15) is 36.4 Å². The first-order valence-electron chi connectivity index (χ1n) is 38.7. The molecule has 11 N–H and O–H groups in total. The fourth-order valence-corrected chi connectivity index (χ4v) is 16.0. The molecule has 4 aromatic heterocycles. The number of aromatic nitrogens is 8. The Bertz CT molecular complexity index is 4150. The maximum Gasteiger partial charge on any atom is 0.410 e. The number of nitriles is 2. The molecule has 4 saturated carbocycles. The number of nitrogens with one attached hydrogen (secondary N) is 5. The first-order chi connectivity index (χ1) is 55.7. The molecule has 664 valence electrons. The summed E-state index contributed by atoms with van der Waals surface area (Å²) in [5, 5.41) is 54.8. The first kappa shape index (κ1) is 103. The van der Waals surface area contributed by atoms with Gasteiger partial charge in [0.05, 0.1) is 80.5 Å². The van der Waals surface area contributed by atoms with Crippen LogP contribution in [0.5, 0.6) is 0 Å². The van der Waals surface area contributed by atoms with Crippen LogP contribution in [0.2, 0.25) is 0 Å². The van der Waals surface area contributed by atoms with Crippen LogP contribution in [0.3, 0.4) is 0 Å². The van der Waals surface area contributed by atoms with Crippen LogP contribution in [0.1, 0.15) is 195 Å². The largest absolute Gasteiger partial charge is 0.444 e. The number of primary amides is 2. The lowest BCUT2D eigenvalue weighted by molar-refractivity contribution is -0.107. The quantitative estimate of drug-likeness (QED) is 0.00951. The number of allylic oxidation sites excluding steroid dienone is 1. The van der Waals surface area contributed by atoms with Gasteiger partial charge in [-0.25, -0.2) is 28.4 Å². The molecule has 5 amide bonds. The summed E-state index contributed by atoms with van der Waals surface area (Å²) in [4.78, 5) is 76.2. The highest BCUT2D eigenvalue weighted by molar-refractivity contribution is 9.11. The molecule has 8 aliphatic rings. The summed E-state index contributed by atoms with van der Waals surface area (Å²) >= 11 is 26.1. The zero-order chi connectivity index (χ0) is 87.7. The maximum atomic E-state index is 12.7. The Balaban J connectivity index is 0.000000266. The zero-order valence-electron chi connectivity index (χ0n) is 69.4. The number of halogens is 8. The monoisotopic (exact) mass is 2050 g/mol. The standard InChI is InChI=1S/C19H30BrN5O4.C19H28BrN5O3.C15H20Br2N4O3.C14H22BrN5O2.C4H9N.C3H3ClO.ClHN4.ClH/c1-19(2,3)29-18(27)24-9-12(7-13(24)10-28-4)25-17(22-8-11-5-6-11)14(16(21)26)15(20)23-25;1-19(2,3)28-18(26)24-10-13(7-14(24)11-27-4)25-17(22-9-12-5-6-12)15(8-21)16(20)23-25;1-15(2,3)24-14(22)20-7-9(5-10(20)8-23-4)21-13(17)11(6-18)12(16)19-21;1-22-7-9-4-10(6-17-9)20-14(18-5-8-2-3-8)11(13(16)21)12(15)19-20;5-3-4-1-2-4;1-2-3(4)5;1-3-5-4-2;/h11-13,22H,5-10H2,1-4H3,(H2,21,26);12-14,22H,5-7,9-11H2,1-4H3;9-10H,5,7-8H2,1-4H3;8-10,17-18H,2-7H2,1H3,(H2,16,21);4H,1-3,5H2;2H,1H2;2H;1H/t12-,13+;13-,14+;2*9-,10+;;;;/m0001..../s1. The number of nitrogens with zero attached hydrogens (tertiary/aromatic N) is 16. The highest BCUT2D eigenvalue weighted by Gasteiger charge is 2.45. The molecule has 4 aliphatic heterocycles. The third kappa shape index (κ3) is 32.7. The third-order valence-corrected chi connectivity index (χ3v) is 22.5. The lowest BCUT2D eigenvalue weighted by Gasteiger charge is -2.28. The topological polar surface area (TPSA) is 483 Å². The summed E-state index contributed by atoms with van der Waals surface area (Å²) < 4.78 is 50.1. The average molecular weight is 2050 g/mol. The number of carbonyl (C=O) groups excluding carboxylic acids is 6. The Kier molecular flexibility index (Phi) is 42.1. The van der Waals surface area contributed by atoms with Crippen molar-refractivity contribution in [2.45, 2.75) is 205 Å². The summed E-state index contributed by atoms with van der Waals surface area (Å²) in [6.07, 6.45) is 12.9. The average Bonchev–Trinajstić information content (AvgIpc) is 1.65. The highest BCUT2D eigenvalue weighted by Crippen LogP contribution is 2.41. The molecular weight excluding hydrogens is 1940 g/mol. The van der Waals surface area contributed by atoms with Gasteiger partial charge in [-0.05, 0) is 277 Å². The number of amides is 5. The van der Waals surface area contributed by atoms with Crippen molar-refractivity contribution in [3.05, 3.63) is 57.9 Å². The van der Waals surface area contributed by atoms with E-state index in [0.29, 0.717) is 146 Å². The van der Waals surface area contributed by atoms with Crippen molar-refractivity contribution in [2.75, 3.05) is 123 Å². The summed E-state index contributed by atoms with van der Waals surface area (Å²) in [5.74, 6) is 3.93. The molecule has 4 aromatic rings. The number of hydrogen-bond donors (Lipinski definition) is 8. The minimum Gasteiger partial charge on any atom is -0.444 e. The van der Waals surface area contributed by atoms with Gasteiger partial charge in [-0.15, -0.1) is 12.4 Å². The summed E-state index contributed by atoms with van der Waals surface area (Å²) in [6.45, 7) is 27.1. The van der Waals surface area contributed by atoms with Crippen molar-refractivity contribution < 1.29 is 61.9 Å². The minimum atomic E-state index is -0.586. The fourth-order valence-electron chi connectivity index (χ4n) is 13.0. The maximum absolute atomic E-state index is 12.7. The van der Waals surface area contributed by atoms with Gasteiger partial charge in [-0.3, -0.25) is 19.1 Å². The highest BCUT2D eigenvalue weighted by atomic mass is 79.9. The predicted octanol–water partition coefficient (Wildman–Crippen LogP) is 14.1. The van der Waals surface area contributed by atoms with Gasteiger partial charge in [0.25, 0.3) is 11.8 Å². The Labute approximate surface area is 753 Å². The van der Waals surface area contributed by atoms with Crippen LogP contribution in [0, 0.1) is 51.9 Å². The second kappa shape index (κ2) is 48.6. The van der Waals surface area contributed by atoms with Crippen molar-refractivity contribution in [2.24, 2.45) is 56.0 Å². The molecule has 37 nitrogen and oxygen atoms in total. The van der Waals surface area contributed by atoms with Crippen molar-refractivity contribution >= 4 is 168 Å².